The van der Waals surface area contributed by atoms with Crippen molar-refractivity contribution in [3.8, 4) is 0 Å². The number of carbonyl (C=O) groups excluding carboxylic acids is 2. The number of aromatic nitrogens is 1. The van der Waals surface area contributed by atoms with Crippen molar-refractivity contribution in [1.29, 1.82) is 0 Å². The molecule has 7 nitrogen and oxygen atoms in total. The van der Waals surface area contributed by atoms with Crippen molar-refractivity contribution in [3.05, 3.63) is 34.3 Å². The topological polar surface area (TPSA) is 86.6 Å². The molecular weight excluding hydrogens is 310 g/mol. The number of fused-ring (bicyclic) bond motifs is 1. The highest BCUT2D eigenvalue weighted by molar-refractivity contribution is 5.97. The number of amides is 2. The van der Waals surface area contributed by atoms with E-state index >= 15 is 0 Å². The lowest BCUT2D eigenvalue weighted by molar-refractivity contribution is -0.140. The Labute approximate surface area is 139 Å². The number of carbonyl (C=O) groups is 2. The average molecular weight is 331 g/mol. The number of rotatable bonds is 1. The summed E-state index contributed by atoms with van der Waals surface area (Å²) in [6.07, 6.45) is 0. The van der Waals surface area contributed by atoms with Crippen LogP contribution in [-0.2, 0) is 4.79 Å². The van der Waals surface area contributed by atoms with Crippen LogP contribution in [0.15, 0.2) is 27.4 Å². The summed E-state index contributed by atoms with van der Waals surface area (Å²) in [5.41, 5.74) is 0.994. The molecule has 1 aliphatic heterocycles. The van der Waals surface area contributed by atoms with E-state index in [4.69, 9.17) is 4.42 Å². The van der Waals surface area contributed by atoms with E-state index in [2.05, 4.69) is 4.98 Å². The molecule has 0 bridgehead atoms. The molecule has 1 fully saturated rings. The number of hydrogen-bond acceptors (Lipinski definition) is 4. The van der Waals surface area contributed by atoms with E-state index in [0.717, 1.165) is 0 Å². The van der Waals surface area contributed by atoms with Crippen LogP contribution in [0.1, 0.15) is 31.1 Å². The third kappa shape index (κ3) is 3.06. The summed E-state index contributed by atoms with van der Waals surface area (Å²) in [7, 11) is 0. The fourth-order valence-corrected chi connectivity index (χ4v) is 2.85. The summed E-state index contributed by atoms with van der Waals surface area (Å²) in [4.78, 5) is 42.2. The van der Waals surface area contributed by atoms with E-state index in [-0.39, 0.29) is 11.8 Å². The van der Waals surface area contributed by atoms with Crippen LogP contribution in [0, 0.1) is 5.41 Å². The van der Waals surface area contributed by atoms with Crippen LogP contribution in [0.2, 0.25) is 0 Å². The third-order valence-corrected chi connectivity index (χ3v) is 4.16. The van der Waals surface area contributed by atoms with Crippen LogP contribution in [0.4, 0.5) is 0 Å². The quantitative estimate of drug-likeness (QED) is 0.857. The van der Waals surface area contributed by atoms with Gasteiger partial charge in [-0.1, -0.05) is 20.8 Å². The van der Waals surface area contributed by atoms with Gasteiger partial charge < -0.3 is 14.2 Å². The molecule has 1 aromatic heterocycles. The predicted molar refractivity (Wildman–Crippen MR) is 88.8 cm³/mol. The second-order valence-corrected chi connectivity index (χ2v) is 7.06. The lowest BCUT2D eigenvalue weighted by Gasteiger charge is -2.37. The maximum Gasteiger partial charge on any atom is 0.417 e. The van der Waals surface area contributed by atoms with Gasteiger partial charge in [0.2, 0.25) is 5.91 Å². The van der Waals surface area contributed by atoms with Gasteiger partial charge in [-0.3, -0.25) is 14.6 Å². The van der Waals surface area contributed by atoms with Gasteiger partial charge in [0.1, 0.15) is 0 Å². The molecule has 128 valence electrons. The normalized spacial score (nSPS) is 15.8. The van der Waals surface area contributed by atoms with Crippen molar-refractivity contribution in [3.63, 3.8) is 0 Å². The van der Waals surface area contributed by atoms with Gasteiger partial charge >= 0.3 is 5.76 Å². The number of nitrogens with zero attached hydrogens (tertiary/aromatic N) is 2. The molecule has 0 radical (unpaired) electrons. The SMILES string of the molecule is CC(C)(C)C(=O)N1CCN(C(=O)c2ccc3[nH]c(=O)oc3c2)CC1. The number of aromatic amines is 1. The molecule has 2 aromatic rings. The van der Waals surface area contributed by atoms with Gasteiger partial charge in [0, 0.05) is 37.2 Å². The Morgan fingerprint density at radius 3 is 2.33 bits per heavy atom. The molecule has 0 unspecified atom stereocenters. The molecule has 2 amide bonds. The maximum atomic E-state index is 12.6. The molecule has 1 N–H and O–H groups in total. The molecule has 1 aliphatic rings. The Balaban J connectivity index is 1.70. The van der Waals surface area contributed by atoms with E-state index in [9.17, 15) is 14.4 Å². The molecule has 0 saturated carbocycles. The van der Waals surface area contributed by atoms with Gasteiger partial charge in [-0.05, 0) is 18.2 Å². The number of hydrogen-bond donors (Lipinski definition) is 1. The van der Waals surface area contributed by atoms with E-state index < -0.39 is 11.2 Å². The lowest BCUT2D eigenvalue weighted by atomic mass is 9.94. The van der Waals surface area contributed by atoms with Crippen molar-refractivity contribution in [2.24, 2.45) is 5.41 Å². The Bertz CT molecular complexity index is 835. The minimum absolute atomic E-state index is 0.102. The molecule has 0 atom stereocenters. The highest BCUT2D eigenvalue weighted by atomic mass is 16.4. The summed E-state index contributed by atoms with van der Waals surface area (Å²) < 4.78 is 5.00. The number of benzene rings is 1. The van der Waals surface area contributed by atoms with Crippen LogP contribution in [0.25, 0.3) is 11.1 Å². The highest BCUT2D eigenvalue weighted by Crippen LogP contribution is 2.20. The van der Waals surface area contributed by atoms with Gasteiger partial charge in [0.15, 0.2) is 5.58 Å². The zero-order valence-corrected chi connectivity index (χ0v) is 14.1. The van der Waals surface area contributed by atoms with Crippen LogP contribution < -0.4 is 5.76 Å². The van der Waals surface area contributed by atoms with Crippen LogP contribution in [0.5, 0.6) is 0 Å². The second-order valence-electron chi connectivity index (χ2n) is 7.06. The van der Waals surface area contributed by atoms with Crippen molar-refractivity contribution >= 4 is 22.9 Å². The number of piperazine rings is 1. The molecule has 1 aromatic carbocycles. The summed E-state index contributed by atoms with van der Waals surface area (Å²) in [6.45, 7) is 7.74. The first-order valence-electron chi connectivity index (χ1n) is 7.97. The van der Waals surface area contributed by atoms with E-state index in [1.54, 1.807) is 28.0 Å². The second kappa shape index (κ2) is 5.81. The fourth-order valence-electron chi connectivity index (χ4n) is 2.85. The zero-order chi connectivity index (χ0) is 17.5. The fraction of sp³-hybridized carbons (Fsp3) is 0.471. The number of oxazole rings is 1. The molecular formula is C17H21N3O4. The van der Waals surface area contributed by atoms with Gasteiger partial charge in [-0.15, -0.1) is 0 Å². The first-order valence-corrected chi connectivity index (χ1v) is 7.97. The first kappa shape index (κ1) is 16.3. The molecule has 7 heteroatoms. The Kier molecular flexibility index (Phi) is 3.95. The summed E-state index contributed by atoms with van der Waals surface area (Å²) in [5.74, 6) is -0.558. The standard InChI is InChI=1S/C17H21N3O4/c1-17(2,3)15(22)20-8-6-19(7-9-20)14(21)11-4-5-12-13(10-11)24-16(23)18-12/h4-5,10H,6-9H2,1-3H3,(H,18,23). The zero-order valence-electron chi connectivity index (χ0n) is 14.1. The van der Waals surface area contributed by atoms with Crippen molar-refractivity contribution in [2.45, 2.75) is 20.8 Å². The predicted octanol–water partition coefficient (Wildman–Crippen LogP) is 1.45. The smallest absolute Gasteiger partial charge is 0.408 e. The average Bonchev–Trinajstić information content (AvgIpc) is 2.91. The highest BCUT2D eigenvalue weighted by Gasteiger charge is 2.31. The van der Waals surface area contributed by atoms with Gasteiger partial charge in [-0.2, -0.15) is 0 Å². The molecule has 1 saturated heterocycles. The minimum Gasteiger partial charge on any atom is -0.408 e. The Hall–Kier alpha value is -2.57. The lowest BCUT2D eigenvalue weighted by Crippen LogP contribution is -2.53. The van der Waals surface area contributed by atoms with Crippen LogP contribution >= 0.6 is 0 Å². The molecule has 24 heavy (non-hydrogen) atoms. The van der Waals surface area contributed by atoms with Gasteiger partial charge in [0.05, 0.1) is 5.52 Å². The largest absolute Gasteiger partial charge is 0.417 e. The summed E-state index contributed by atoms with van der Waals surface area (Å²) >= 11 is 0. The number of nitrogens with one attached hydrogen (secondary N) is 1. The van der Waals surface area contributed by atoms with E-state index in [1.165, 1.54) is 0 Å². The molecule has 3 rings (SSSR count). The van der Waals surface area contributed by atoms with Gasteiger partial charge in [0.25, 0.3) is 5.91 Å². The van der Waals surface area contributed by atoms with E-state index in [0.29, 0.717) is 42.8 Å². The van der Waals surface area contributed by atoms with E-state index in [1.807, 2.05) is 20.8 Å². The van der Waals surface area contributed by atoms with Crippen molar-refractivity contribution in [2.75, 3.05) is 26.2 Å². The van der Waals surface area contributed by atoms with Crippen molar-refractivity contribution in [1.82, 2.24) is 14.8 Å². The summed E-state index contributed by atoms with van der Waals surface area (Å²) in [5, 5.41) is 0. The van der Waals surface area contributed by atoms with Crippen LogP contribution in [-0.4, -0.2) is 52.8 Å². The van der Waals surface area contributed by atoms with Gasteiger partial charge in [-0.25, -0.2) is 4.79 Å². The molecule has 0 aliphatic carbocycles. The monoisotopic (exact) mass is 331 g/mol. The van der Waals surface area contributed by atoms with Crippen molar-refractivity contribution < 1.29 is 14.0 Å². The minimum atomic E-state index is -0.538. The molecule has 0 spiro atoms. The first-order chi connectivity index (χ1) is 11.3. The summed E-state index contributed by atoms with van der Waals surface area (Å²) in [6, 6.07) is 4.90. The maximum absolute atomic E-state index is 12.6. The van der Waals surface area contributed by atoms with Crippen LogP contribution in [0.3, 0.4) is 0 Å². The Morgan fingerprint density at radius 1 is 1.08 bits per heavy atom. The molecule has 2 heterocycles. The third-order valence-electron chi connectivity index (χ3n) is 4.16. The number of H-pyrrole nitrogens is 1. The Morgan fingerprint density at radius 2 is 1.71 bits per heavy atom.